The Bertz CT molecular complexity index is 609. The first kappa shape index (κ1) is 14.5. The van der Waals surface area contributed by atoms with Gasteiger partial charge in [0.25, 0.3) is 5.91 Å². The molecule has 0 unspecified atom stereocenters. The highest BCUT2D eigenvalue weighted by molar-refractivity contribution is 7.86. The minimum atomic E-state index is -0.828. The van der Waals surface area contributed by atoms with Crippen LogP contribution in [0.5, 0.6) is 0 Å². The van der Waals surface area contributed by atoms with E-state index in [0.29, 0.717) is 13.1 Å². The molecule has 4 heteroatoms. The van der Waals surface area contributed by atoms with Crippen LogP contribution in [-0.4, -0.2) is 38.6 Å². The highest BCUT2D eigenvalue weighted by atomic mass is 32.2. The maximum Gasteiger partial charge on any atom is 0.253 e. The number of aryl methyl sites for hydroxylation is 1. The van der Waals surface area contributed by atoms with Crippen LogP contribution in [0.3, 0.4) is 0 Å². The number of hydrogen-bond donors (Lipinski definition) is 0. The first-order valence-corrected chi connectivity index (χ1v) is 8.82. The van der Waals surface area contributed by atoms with Gasteiger partial charge in [0.15, 0.2) is 0 Å². The van der Waals surface area contributed by atoms with Crippen molar-refractivity contribution < 1.29 is 9.00 Å². The molecule has 1 heterocycles. The van der Waals surface area contributed by atoms with Gasteiger partial charge in [0.2, 0.25) is 0 Å². The molecule has 1 saturated heterocycles. The van der Waals surface area contributed by atoms with Gasteiger partial charge in [-0.2, -0.15) is 0 Å². The van der Waals surface area contributed by atoms with Gasteiger partial charge in [-0.25, -0.2) is 0 Å². The van der Waals surface area contributed by atoms with Crippen molar-refractivity contribution in [3.05, 3.63) is 41.0 Å². The maximum atomic E-state index is 12.7. The summed E-state index contributed by atoms with van der Waals surface area (Å²) in [6, 6.07) is 5.98. The van der Waals surface area contributed by atoms with Gasteiger partial charge in [-0.15, -0.1) is 0 Å². The van der Waals surface area contributed by atoms with E-state index in [1.807, 2.05) is 36.9 Å². The zero-order valence-corrected chi connectivity index (χ0v) is 13.4. The normalized spacial score (nSPS) is 25.7. The number of benzene rings is 1. The molecule has 1 aromatic rings. The van der Waals surface area contributed by atoms with Gasteiger partial charge >= 0.3 is 0 Å². The van der Waals surface area contributed by atoms with E-state index in [9.17, 15) is 9.00 Å². The molecule has 0 aromatic heterocycles. The number of amides is 1. The van der Waals surface area contributed by atoms with Crippen LogP contribution in [0.25, 0.3) is 6.08 Å². The highest BCUT2D eigenvalue weighted by Crippen LogP contribution is 2.23. The molecule has 2 aliphatic rings. The van der Waals surface area contributed by atoms with Gasteiger partial charge in [0.1, 0.15) is 0 Å². The topological polar surface area (TPSA) is 37.4 Å². The van der Waals surface area contributed by atoms with Gasteiger partial charge in [-0.3, -0.25) is 9.00 Å². The minimum absolute atomic E-state index is 0.0539. The minimum Gasteiger partial charge on any atom is -0.336 e. The predicted octanol–water partition coefficient (Wildman–Crippen LogP) is 2.63. The number of allylic oxidation sites excluding steroid dienone is 1. The van der Waals surface area contributed by atoms with Crippen LogP contribution < -0.4 is 0 Å². The Hall–Kier alpha value is -1.42. The standard InChI is InChI=1S/C17H21NO2S/c1-12-10-18(11-13(2)21(12)20)17(19)16-8-7-14-5-3-4-6-15(14)9-16/h3,5,7-9,12-13H,4,6,10-11H2,1-2H3/t12-,13-/m1/s1. The molecule has 3 rings (SSSR count). The van der Waals surface area contributed by atoms with Crippen LogP contribution in [-0.2, 0) is 17.2 Å². The van der Waals surface area contributed by atoms with Crippen molar-refractivity contribution in [3.8, 4) is 0 Å². The van der Waals surface area contributed by atoms with Crippen molar-refractivity contribution in [2.45, 2.75) is 37.2 Å². The molecule has 0 saturated carbocycles. The SMILES string of the molecule is C[C@@H]1CN(C(=O)c2ccc3c(c2)CCC=C3)C[C@@H](C)S1=O. The highest BCUT2D eigenvalue weighted by Gasteiger charge is 2.31. The van der Waals surface area contributed by atoms with Crippen molar-refractivity contribution in [3.63, 3.8) is 0 Å². The van der Waals surface area contributed by atoms with E-state index < -0.39 is 10.8 Å². The molecule has 0 radical (unpaired) electrons. The van der Waals surface area contributed by atoms with Crippen LogP contribution in [0.4, 0.5) is 0 Å². The largest absolute Gasteiger partial charge is 0.336 e. The molecule has 0 bridgehead atoms. The third kappa shape index (κ3) is 2.82. The molecule has 1 amide bonds. The smallest absolute Gasteiger partial charge is 0.253 e. The van der Waals surface area contributed by atoms with Crippen molar-refractivity contribution in [1.82, 2.24) is 4.90 Å². The van der Waals surface area contributed by atoms with Crippen molar-refractivity contribution >= 4 is 22.8 Å². The second-order valence-electron chi connectivity index (χ2n) is 6.01. The Morgan fingerprint density at radius 2 is 1.95 bits per heavy atom. The summed E-state index contributed by atoms with van der Waals surface area (Å²) in [5.74, 6) is 0.0720. The summed E-state index contributed by atoms with van der Waals surface area (Å²) < 4.78 is 12.0. The van der Waals surface area contributed by atoms with E-state index in [-0.39, 0.29) is 16.4 Å². The lowest BCUT2D eigenvalue weighted by Crippen LogP contribution is -2.49. The summed E-state index contributed by atoms with van der Waals surface area (Å²) in [6.07, 6.45) is 6.35. The van der Waals surface area contributed by atoms with E-state index in [1.165, 1.54) is 11.1 Å². The molecule has 1 aliphatic carbocycles. The van der Waals surface area contributed by atoms with Crippen molar-refractivity contribution in [1.29, 1.82) is 0 Å². The summed E-state index contributed by atoms with van der Waals surface area (Å²) in [5.41, 5.74) is 3.24. The predicted molar refractivity (Wildman–Crippen MR) is 86.8 cm³/mol. The number of rotatable bonds is 1. The van der Waals surface area contributed by atoms with E-state index in [2.05, 4.69) is 12.2 Å². The zero-order chi connectivity index (χ0) is 15.0. The second kappa shape index (κ2) is 5.76. The van der Waals surface area contributed by atoms with E-state index in [0.717, 1.165) is 18.4 Å². The fourth-order valence-corrected chi connectivity index (χ4v) is 4.60. The molecular weight excluding hydrogens is 282 g/mol. The van der Waals surface area contributed by atoms with Gasteiger partial charge in [-0.1, -0.05) is 18.2 Å². The monoisotopic (exact) mass is 303 g/mol. The molecule has 0 spiro atoms. The average molecular weight is 303 g/mol. The summed E-state index contributed by atoms with van der Waals surface area (Å²) in [4.78, 5) is 14.6. The fourth-order valence-electron chi connectivity index (χ4n) is 3.15. The van der Waals surface area contributed by atoms with Crippen LogP contribution in [0, 0.1) is 0 Å². The molecule has 3 nitrogen and oxygen atoms in total. The number of carbonyl (C=O) groups excluding carboxylic acids is 1. The molecule has 1 fully saturated rings. The van der Waals surface area contributed by atoms with Gasteiger partial charge < -0.3 is 4.90 Å². The van der Waals surface area contributed by atoms with Crippen LogP contribution in [0.15, 0.2) is 24.3 Å². The Balaban J connectivity index is 1.82. The summed E-state index contributed by atoms with van der Waals surface area (Å²) in [6.45, 7) is 5.10. The molecule has 1 aliphatic heterocycles. The van der Waals surface area contributed by atoms with Crippen LogP contribution in [0.2, 0.25) is 0 Å². The zero-order valence-electron chi connectivity index (χ0n) is 12.5. The van der Waals surface area contributed by atoms with Crippen LogP contribution in [0.1, 0.15) is 41.8 Å². The van der Waals surface area contributed by atoms with Gasteiger partial charge in [0.05, 0.1) is 0 Å². The molecule has 1 aromatic carbocycles. The lowest BCUT2D eigenvalue weighted by atomic mass is 9.95. The Morgan fingerprint density at radius 1 is 1.24 bits per heavy atom. The second-order valence-corrected chi connectivity index (χ2v) is 8.28. The average Bonchev–Trinajstić information content (AvgIpc) is 2.51. The fraction of sp³-hybridized carbons (Fsp3) is 0.471. The quantitative estimate of drug-likeness (QED) is 0.800. The molecular formula is C17H21NO2S. The van der Waals surface area contributed by atoms with E-state index in [1.54, 1.807) is 0 Å². The Labute approximate surface area is 128 Å². The molecule has 2 atom stereocenters. The van der Waals surface area contributed by atoms with Gasteiger partial charge in [-0.05, 0) is 49.9 Å². The molecule has 112 valence electrons. The van der Waals surface area contributed by atoms with Crippen LogP contribution >= 0.6 is 0 Å². The molecule has 0 N–H and O–H groups in total. The third-order valence-electron chi connectivity index (χ3n) is 4.30. The lowest BCUT2D eigenvalue weighted by Gasteiger charge is -2.34. The number of carbonyl (C=O) groups is 1. The third-order valence-corrected chi connectivity index (χ3v) is 6.19. The van der Waals surface area contributed by atoms with E-state index >= 15 is 0 Å². The first-order valence-electron chi connectivity index (χ1n) is 7.54. The number of nitrogens with zero attached hydrogens (tertiary/aromatic N) is 1. The molecule has 21 heavy (non-hydrogen) atoms. The first-order chi connectivity index (χ1) is 10.1. The number of fused-ring (bicyclic) bond motifs is 1. The maximum absolute atomic E-state index is 12.7. The summed E-state index contributed by atoms with van der Waals surface area (Å²) in [7, 11) is -0.828. The number of hydrogen-bond acceptors (Lipinski definition) is 2. The van der Waals surface area contributed by atoms with E-state index in [4.69, 9.17) is 0 Å². The lowest BCUT2D eigenvalue weighted by molar-refractivity contribution is 0.0751. The van der Waals surface area contributed by atoms with Gasteiger partial charge in [0, 0.05) is 40.0 Å². The summed E-state index contributed by atoms with van der Waals surface area (Å²) in [5, 5.41) is 0.108. The Kier molecular flexibility index (Phi) is 3.98. The summed E-state index contributed by atoms with van der Waals surface area (Å²) >= 11 is 0. The Morgan fingerprint density at radius 3 is 2.67 bits per heavy atom. The van der Waals surface area contributed by atoms with Crippen molar-refractivity contribution in [2.24, 2.45) is 0 Å². The van der Waals surface area contributed by atoms with Crippen molar-refractivity contribution in [2.75, 3.05) is 13.1 Å².